The number of rotatable bonds is 4. The van der Waals surface area contributed by atoms with Crippen molar-refractivity contribution in [3.05, 3.63) is 88.3 Å². The van der Waals surface area contributed by atoms with Gasteiger partial charge in [0.15, 0.2) is 5.75 Å². The summed E-state index contributed by atoms with van der Waals surface area (Å²) in [4.78, 5) is 14.0. The van der Waals surface area contributed by atoms with Gasteiger partial charge in [-0.15, -0.1) is 0 Å². The Morgan fingerprint density at radius 2 is 1.44 bits per heavy atom. The first-order chi connectivity index (χ1) is 13.2. The van der Waals surface area contributed by atoms with E-state index < -0.39 is 5.56 Å². The van der Waals surface area contributed by atoms with Crippen molar-refractivity contribution in [3.8, 4) is 5.75 Å². The fourth-order valence-electron chi connectivity index (χ4n) is 3.94. The lowest BCUT2D eigenvalue weighted by Crippen LogP contribution is -2.16. The number of hydrogen-bond acceptors (Lipinski definition) is 3. The first-order valence-corrected chi connectivity index (χ1v) is 8.98. The van der Waals surface area contributed by atoms with Crippen LogP contribution in [0.3, 0.4) is 0 Å². The monoisotopic (exact) mass is 354 g/mol. The van der Waals surface area contributed by atoms with E-state index in [-0.39, 0.29) is 5.75 Å². The molecule has 0 bridgehead atoms. The van der Waals surface area contributed by atoms with Crippen LogP contribution in [0.15, 0.2) is 71.7 Å². The van der Waals surface area contributed by atoms with Crippen molar-refractivity contribution in [1.82, 2.24) is 10.3 Å². The SMILES string of the molecule is O=c1[nH]ccc(CNCc2ccc3ccc4cccc5ccc2c3c45)c1O. The molecule has 0 unspecified atom stereocenters. The van der Waals surface area contributed by atoms with Crippen LogP contribution in [-0.4, -0.2) is 10.1 Å². The van der Waals surface area contributed by atoms with Crippen LogP contribution in [-0.2, 0) is 13.1 Å². The van der Waals surface area contributed by atoms with Crippen molar-refractivity contribution in [2.75, 3.05) is 0 Å². The van der Waals surface area contributed by atoms with Gasteiger partial charge < -0.3 is 15.4 Å². The zero-order chi connectivity index (χ0) is 18.4. The van der Waals surface area contributed by atoms with Crippen LogP contribution < -0.4 is 10.9 Å². The Bertz CT molecular complexity index is 1320. The molecule has 0 aliphatic heterocycles. The van der Waals surface area contributed by atoms with Crippen LogP contribution in [0.4, 0.5) is 0 Å². The van der Waals surface area contributed by atoms with E-state index in [0.29, 0.717) is 18.7 Å². The van der Waals surface area contributed by atoms with Crippen molar-refractivity contribution < 1.29 is 5.11 Å². The lowest BCUT2D eigenvalue weighted by Gasteiger charge is -2.14. The molecule has 5 aromatic rings. The Morgan fingerprint density at radius 1 is 0.778 bits per heavy atom. The van der Waals surface area contributed by atoms with E-state index in [9.17, 15) is 9.90 Å². The third-order valence-electron chi connectivity index (χ3n) is 5.27. The highest BCUT2D eigenvalue weighted by molar-refractivity contribution is 6.23. The number of aromatic amines is 1. The fraction of sp³-hybridized carbons (Fsp3) is 0.0870. The Hall–Kier alpha value is -3.37. The molecular formula is C23H18N2O2. The summed E-state index contributed by atoms with van der Waals surface area (Å²) in [6.07, 6.45) is 1.55. The summed E-state index contributed by atoms with van der Waals surface area (Å²) in [5.74, 6) is -0.222. The Balaban J connectivity index is 1.53. The van der Waals surface area contributed by atoms with Crippen molar-refractivity contribution >= 4 is 32.3 Å². The van der Waals surface area contributed by atoms with Gasteiger partial charge in [-0.2, -0.15) is 0 Å². The third-order valence-corrected chi connectivity index (χ3v) is 5.27. The predicted octanol–water partition coefficient (Wildman–Crippen LogP) is 4.27. The van der Waals surface area contributed by atoms with Gasteiger partial charge in [-0.3, -0.25) is 4.79 Å². The molecule has 1 heterocycles. The highest BCUT2D eigenvalue weighted by atomic mass is 16.3. The highest BCUT2D eigenvalue weighted by Gasteiger charge is 2.11. The zero-order valence-corrected chi connectivity index (χ0v) is 14.6. The largest absolute Gasteiger partial charge is 0.503 e. The van der Waals surface area contributed by atoms with Gasteiger partial charge in [0.05, 0.1) is 0 Å². The standard InChI is InChI=1S/C23H18N2O2/c26-22-18(10-11-25-23(22)27)13-24-12-17-7-6-16-5-4-14-2-1-3-15-8-9-19(17)21(16)20(14)15/h1-11,24,26H,12-13H2,(H,25,27). The molecule has 132 valence electrons. The molecule has 0 spiro atoms. The number of nitrogens with one attached hydrogen (secondary N) is 2. The van der Waals surface area contributed by atoms with Crippen LogP contribution >= 0.6 is 0 Å². The number of benzene rings is 4. The molecule has 4 heteroatoms. The molecule has 1 aromatic heterocycles. The molecule has 0 saturated carbocycles. The van der Waals surface area contributed by atoms with E-state index >= 15 is 0 Å². The van der Waals surface area contributed by atoms with Crippen LogP contribution in [0.25, 0.3) is 32.3 Å². The summed E-state index contributed by atoms with van der Waals surface area (Å²) in [6.45, 7) is 1.08. The molecule has 5 rings (SSSR count). The van der Waals surface area contributed by atoms with Crippen molar-refractivity contribution in [2.45, 2.75) is 13.1 Å². The van der Waals surface area contributed by atoms with Gasteiger partial charge >= 0.3 is 0 Å². The normalized spacial score (nSPS) is 11.7. The minimum atomic E-state index is -0.461. The topological polar surface area (TPSA) is 65.1 Å². The van der Waals surface area contributed by atoms with E-state index in [2.05, 4.69) is 64.9 Å². The maximum absolute atomic E-state index is 11.5. The number of pyridine rings is 1. The first-order valence-electron chi connectivity index (χ1n) is 8.98. The van der Waals surface area contributed by atoms with Crippen LogP contribution in [0.1, 0.15) is 11.1 Å². The molecule has 27 heavy (non-hydrogen) atoms. The van der Waals surface area contributed by atoms with E-state index in [1.54, 1.807) is 12.3 Å². The summed E-state index contributed by atoms with van der Waals surface area (Å²) in [5.41, 5.74) is 1.33. The van der Waals surface area contributed by atoms with E-state index in [4.69, 9.17) is 0 Å². The number of aromatic nitrogens is 1. The molecule has 0 saturated heterocycles. The van der Waals surface area contributed by atoms with Gasteiger partial charge in [-0.1, -0.05) is 54.6 Å². The lowest BCUT2D eigenvalue weighted by molar-refractivity contribution is 0.455. The second kappa shape index (κ2) is 6.11. The van der Waals surface area contributed by atoms with Gasteiger partial charge in [-0.05, 0) is 43.9 Å². The van der Waals surface area contributed by atoms with Gasteiger partial charge in [-0.25, -0.2) is 0 Å². The summed E-state index contributed by atoms with van der Waals surface area (Å²) >= 11 is 0. The molecule has 4 nitrogen and oxygen atoms in total. The molecule has 0 amide bonds. The molecule has 3 N–H and O–H groups in total. The Labute approximate surface area is 155 Å². The van der Waals surface area contributed by atoms with Gasteiger partial charge in [0.25, 0.3) is 5.56 Å². The lowest BCUT2D eigenvalue weighted by atomic mass is 9.92. The fourth-order valence-corrected chi connectivity index (χ4v) is 3.94. The first kappa shape index (κ1) is 15.9. The summed E-state index contributed by atoms with van der Waals surface area (Å²) in [7, 11) is 0. The maximum atomic E-state index is 11.5. The predicted molar refractivity (Wildman–Crippen MR) is 109 cm³/mol. The van der Waals surface area contributed by atoms with Crippen LogP contribution in [0, 0.1) is 0 Å². The Kier molecular flexibility index (Phi) is 3.59. The molecule has 0 radical (unpaired) electrons. The van der Waals surface area contributed by atoms with E-state index in [1.165, 1.54) is 37.9 Å². The van der Waals surface area contributed by atoms with Crippen LogP contribution in [0.5, 0.6) is 5.75 Å². The van der Waals surface area contributed by atoms with E-state index in [0.717, 1.165) is 0 Å². The summed E-state index contributed by atoms with van der Waals surface area (Å²) < 4.78 is 0. The highest BCUT2D eigenvalue weighted by Crippen LogP contribution is 2.35. The van der Waals surface area contributed by atoms with Gasteiger partial charge in [0, 0.05) is 24.8 Å². The molecular weight excluding hydrogens is 336 g/mol. The quantitative estimate of drug-likeness (QED) is 0.422. The summed E-state index contributed by atoms with van der Waals surface area (Å²) in [6, 6.07) is 21.1. The van der Waals surface area contributed by atoms with Gasteiger partial charge in [0.2, 0.25) is 0 Å². The molecule has 0 fully saturated rings. The molecule has 0 aliphatic carbocycles. The Morgan fingerprint density at radius 3 is 2.26 bits per heavy atom. The zero-order valence-electron chi connectivity index (χ0n) is 14.6. The average Bonchev–Trinajstić information content (AvgIpc) is 2.70. The number of H-pyrrole nitrogens is 1. The second-order valence-electron chi connectivity index (χ2n) is 6.86. The smallest absolute Gasteiger partial charge is 0.290 e. The molecule has 0 aliphatic rings. The molecule has 4 aromatic carbocycles. The minimum Gasteiger partial charge on any atom is -0.503 e. The number of hydrogen-bond donors (Lipinski definition) is 3. The van der Waals surface area contributed by atoms with E-state index in [1.807, 2.05) is 0 Å². The molecule has 0 atom stereocenters. The second-order valence-corrected chi connectivity index (χ2v) is 6.86. The van der Waals surface area contributed by atoms with Crippen molar-refractivity contribution in [1.29, 1.82) is 0 Å². The van der Waals surface area contributed by atoms with Crippen LogP contribution in [0.2, 0.25) is 0 Å². The number of aromatic hydroxyl groups is 1. The maximum Gasteiger partial charge on any atom is 0.290 e. The third kappa shape index (κ3) is 2.54. The summed E-state index contributed by atoms with van der Waals surface area (Å²) in [5, 5.41) is 20.8. The van der Waals surface area contributed by atoms with Crippen molar-refractivity contribution in [2.24, 2.45) is 0 Å². The minimum absolute atomic E-state index is 0.222. The average molecular weight is 354 g/mol. The van der Waals surface area contributed by atoms with Gasteiger partial charge in [0.1, 0.15) is 0 Å². The van der Waals surface area contributed by atoms with Crippen molar-refractivity contribution in [3.63, 3.8) is 0 Å².